The van der Waals surface area contributed by atoms with E-state index in [0.717, 1.165) is 0 Å². The molecule has 0 aliphatic rings. The number of aromatic nitrogens is 2. The Hall–Kier alpha value is -3.43. The molecule has 148 valence electrons. The van der Waals surface area contributed by atoms with Crippen LogP contribution in [0.2, 0.25) is 0 Å². The van der Waals surface area contributed by atoms with Crippen LogP contribution >= 0.6 is 0 Å². The summed E-state index contributed by atoms with van der Waals surface area (Å²) in [7, 11) is 4.39. The highest BCUT2D eigenvalue weighted by Crippen LogP contribution is 2.45. The fourth-order valence-corrected chi connectivity index (χ4v) is 2.69. The summed E-state index contributed by atoms with van der Waals surface area (Å²) in [4.78, 5) is 8.39. The molecule has 7 nitrogen and oxygen atoms in total. The number of ether oxygens (including phenoxy) is 4. The number of anilines is 2. The molecule has 0 radical (unpaired) electrons. The lowest BCUT2D eigenvalue weighted by atomic mass is 10.1. The van der Waals surface area contributed by atoms with Crippen LogP contribution in [-0.4, -0.2) is 37.7 Å². The molecular weight excluding hydrogens is 379 g/mol. The highest BCUT2D eigenvalue weighted by molar-refractivity contribution is 5.99. The van der Waals surface area contributed by atoms with Crippen LogP contribution in [0.1, 0.15) is 0 Å². The molecule has 0 saturated carbocycles. The molecule has 1 heterocycles. The van der Waals surface area contributed by atoms with Crippen molar-refractivity contribution in [3.05, 3.63) is 36.7 Å². The first-order valence-corrected chi connectivity index (χ1v) is 7.92. The van der Waals surface area contributed by atoms with Gasteiger partial charge in [-0.1, -0.05) is 6.07 Å². The van der Waals surface area contributed by atoms with Gasteiger partial charge in [0.25, 0.3) is 0 Å². The molecule has 10 heteroatoms. The molecule has 0 aliphatic heterocycles. The van der Waals surface area contributed by atoms with E-state index in [9.17, 15) is 13.2 Å². The van der Waals surface area contributed by atoms with Gasteiger partial charge in [0, 0.05) is 17.8 Å². The van der Waals surface area contributed by atoms with Crippen molar-refractivity contribution in [3.8, 4) is 23.0 Å². The van der Waals surface area contributed by atoms with E-state index in [1.54, 1.807) is 12.1 Å². The highest BCUT2D eigenvalue weighted by Gasteiger charge is 2.31. The van der Waals surface area contributed by atoms with Gasteiger partial charge in [-0.25, -0.2) is 9.97 Å². The van der Waals surface area contributed by atoms with E-state index in [0.29, 0.717) is 39.7 Å². The zero-order valence-electron chi connectivity index (χ0n) is 15.1. The first kappa shape index (κ1) is 19.3. The number of benzene rings is 2. The van der Waals surface area contributed by atoms with Crippen LogP contribution in [0.15, 0.2) is 36.7 Å². The van der Waals surface area contributed by atoms with Crippen molar-refractivity contribution in [2.75, 3.05) is 26.6 Å². The molecule has 1 aromatic heterocycles. The summed E-state index contributed by atoms with van der Waals surface area (Å²) >= 11 is 0. The second-order valence-electron chi connectivity index (χ2n) is 5.46. The third-order valence-electron chi connectivity index (χ3n) is 3.76. The van der Waals surface area contributed by atoms with Crippen molar-refractivity contribution in [1.82, 2.24) is 9.97 Å². The van der Waals surface area contributed by atoms with Crippen LogP contribution in [-0.2, 0) is 0 Å². The van der Waals surface area contributed by atoms with Crippen molar-refractivity contribution in [2.45, 2.75) is 6.36 Å². The number of nitrogens with zero attached hydrogens (tertiary/aromatic N) is 2. The van der Waals surface area contributed by atoms with Crippen molar-refractivity contribution in [2.24, 2.45) is 0 Å². The number of methoxy groups -OCH3 is 3. The lowest BCUT2D eigenvalue weighted by Gasteiger charge is -2.17. The Bertz CT molecular complexity index is 996. The van der Waals surface area contributed by atoms with Crippen molar-refractivity contribution in [3.63, 3.8) is 0 Å². The molecule has 0 saturated heterocycles. The number of fused-ring (bicyclic) bond motifs is 1. The minimum absolute atomic E-state index is 0.312. The number of nitrogens with one attached hydrogen (secondary N) is 1. The Labute approximate surface area is 158 Å². The van der Waals surface area contributed by atoms with Crippen molar-refractivity contribution >= 4 is 22.4 Å². The molecule has 0 fully saturated rings. The van der Waals surface area contributed by atoms with E-state index in [4.69, 9.17) is 14.2 Å². The summed E-state index contributed by atoms with van der Waals surface area (Å²) in [5, 5.41) is 3.44. The van der Waals surface area contributed by atoms with Gasteiger partial charge in [0.15, 0.2) is 11.5 Å². The Morgan fingerprint density at radius 3 is 2.32 bits per heavy atom. The van der Waals surface area contributed by atoms with E-state index < -0.39 is 6.36 Å². The molecule has 3 rings (SSSR count). The SMILES string of the molecule is COc1cc2ncnc(Nc3cccc(OC(F)(F)F)c3)c2c(OC)c1OC. The van der Waals surface area contributed by atoms with Gasteiger partial charge in [0.2, 0.25) is 5.75 Å². The Morgan fingerprint density at radius 1 is 0.929 bits per heavy atom. The second kappa shape index (κ2) is 7.67. The maximum Gasteiger partial charge on any atom is 0.573 e. The maximum atomic E-state index is 12.5. The molecule has 1 N–H and O–H groups in total. The molecule has 0 amide bonds. The summed E-state index contributed by atoms with van der Waals surface area (Å²) in [5.41, 5.74) is 0.827. The topological polar surface area (TPSA) is 74.7 Å². The normalized spacial score (nSPS) is 11.2. The fourth-order valence-electron chi connectivity index (χ4n) is 2.69. The van der Waals surface area contributed by atoms with E-state index in [1.807, 2.05) is 0 Å². The van der Waals surface area contributed by atoms with Crippen LogP contribution < -0.4 is 24.3 Å². The maximum absolute atomic E-state index is 12.5. The van der Waals surface area contributed by atoms with Gasteiger partial charge in [0.1, 0.15) is 17.9 Å². The van der Waals surface area contributed by atoms with E-state index >= 15 is 0 Å². The standard InChI is InChI=1S/C18H16F3N3O4/c1-25-13-8-12-14(16(27-3)15(13)26-2)17(23-9-22-12)24-10-5-4-6-11(7-10)28-18(19,20)21/h4-9H,1-3H3,(H,22,23,24). The Balaban J connectivity index is 2.08. The zero-order valence-corrected chi connectivity index (χ0v) is 15.1. The lowest BCUT2D eigenvalue weighted by Crippen LogP contribution is -2.17. The molecule has 3 aromatic rings. The lowest BCUT2D eigenvalue weighted by molar-refractivity contribution is -0.274. The van der Waals surface area contributed by atoms with E-state index in [2.05, 4.69) is 20.0 Å². The molecule has 0 aliphatic carbocycles. The van der Waals surface area contributed by atoms with Crippen molar-refractivity contribution < 1.29 is 32.1 Å². The van der Waals surface area contributed by atoms with Gasteiger partial charge < -0.3 is 24.3 Å². The van der Waals surface area contributed by atoms with Gasteiger partial charge in [-0.15, -0.1) is 13.2 Å². The number of hydrogen-bond acceptors (Lipinski definition) is 7. The van der Waals surface area contributed by atoms with Crippen LogP contribution in [0.3, 0.4) is 0 Å². The van der Waals surface area contributed by atoms with Gasteiger partial charge in [-0.05, 0) is 12.1 Å². The molecule has 2 aromatic carbocycles. The van der Waals surface area contributed by atoms with E-state index in [1.165, 1.54) is 45.9 Å². The zero-order chi connectivity index (χ0) is 20.3. The van der Waals surface area contributed by atoms with Gasteiger partial charge in [0.05, 0.1) is 32.2 Å². The monoisotopic (exact) mass is 395 g/mol. The predicted octanol–water partition coefficient (Wildman–Crippen LogP) is 4.30. The first-order chi connectivity index (χ1) is 13.4. The quantitative estimate of drug-likeness (QED) is 0.667. The highest BCUT2D eigenvalue weighted by atomic mass is 19.4. The van der Waals surface area contributed by atoms with E-state index in [-0.39, 0.29) is 5.75 Å². The minimum Gasteiger partial charge on any atom is -0.493 e. The number of hydrogen-bond donors (Lipinski definition) is 1. The Kier molecular flexibility index (Phi) is 5.30. The predicted molar refractivity (Wildman–Crippen MR) is 95.6 cm³/mol. The molecule has 0 bridgehead atoms. The van der Waals surface area contributed by atoms with Gasteiger partial charge in [-0.3, -0.25) is 0 Å². The second-order valence-corrected chi connectivity index (χ2v) is 5.46. The number of halogens is 3. The van der Waals surface area contributed by atoms with Crippen molar-refractivity contribution in [1.29, 1.82) is 0 Å². The molecule has 0 spiro atoms. The third-order valence-corrected chi connectivity index (χ3v) is 3.76. The average molecular weight is 395 g/mol. The van der Waals surface area contributed by atoms with Gasteiger partial charge >= 0.3 is 6.36 Å². The minimum atomic E-state index is -4.78. The summed E-state index contributed by atoms with van der Waals surface area (Å²) < 4.78 is 57.4. The van der Waals surface area contributed by atoms with Crippen LogP contribution in [0.4, 0.5) is 24.7 Å². The number of rotatable bonds is 6. The summed E-state index contributed by atoms with van der Waals surface area (Å²) in [5.74, 6) is 1.03. The fraction of sp³-hybridized carbons (Fsp3) is 0.222. The molecule has 28 heavy (non-hydrogen) atoms. The Morgan fingerprint density at radius 2 is 1.68 bits per heavy atom. The first-order valence-electron chi connectivity index (χ1n) is 7.92. The molecular formula is C18H16F3N3O4. The number of alkyl halides is 3. The largest absolute Gasteiger partial charge is 0.573 e. The smallest absolute Gasteiger partial charge is 0.493 e. The molecule has 0 unspecified atom stereocenters. The van der Waals surface area contributed by atoms with Crippen LogP contribution in [0.25, 0.3) is 10.9 Å². The van der Waals surface area contributed by atoms with Crippen LogP contribution in [0, 0.1) is 0 Å². The van der Waals surface area contributed by atoms with Crippen LogP contribution in [0.5, 0.6) is 23.0 Å². The average Bonchev–Trinajstić information content (AvgIpc) is 2.65. The summed E-state index contributed by atoms with van der Waals surface area (Å²) in [6.45, 7) is 0. The van der Waals surface area contributed by atoms with Gasteiger partial charge in [-0.2, -0.15) is 0 Å². The summed E-state index contributed by atoms with van der Waals surface area (Å²) in [6.07, 6.45) is -3.47. The summed E-state index contributed by atoms with van der Waals surface area (Å²) in [6, 6.07) is 7.05. The third kappa shape index (κ3) is 3.95. The molecule has 0 atom stereocenters.